The van der Waals surface area contributed by atoms with E-state index in [1.807, 2.05) is 0 Å². The minimum Gasteiger partial charge on any atom is -0.330 e. The van der Waals surface area contributed by atoms with E-state index in [-0.39, 0.29) is 11.8 Å². The summed E-state index contributed by atoms with van der Waals surface area (Å²) in [6.07, 6.45) is 6.89. The van der Waals surface area contributed by atoms with Crippen molar-refractivity contribution in [3.63, 3.8) is 0 Å². The summed E-state index contributed by atoms with van der Waals surface area (Å²) in [5.74, 6) is 1.17. The molecular formula is C13H18N6O. The van der Waals surface area contributed by atoms with Crippen LogP contribution in [0.25, 0.3) is 11.0 Å². The van der Waals surface area contributed by atoms with Crippen molar-refractivity contribution in [1.29, 1.82) is 0 Å². The molecule has 2 aromatic rings. The van der Waals surface area contributed by atoms with E-state index in [1.165, 1.54) is 6.33 Å². The molecule has 7 heteroatoms. The van der Waals surface area contributed by atoms with Gasteiger partial charge in [-0.15, -0.1) is 0 Å². The Hall–Kier alpha value is -2.02. The second-order valence-electron chi connectivity index (χ2n) is 5.30. The highest BCUT2D eigenvalue weighted by atomic mass is 16.1. The van der Waals surface area contributed by atoms with Gasteiger partial charge < -0.3 is 11.1 Å². The molecule has 1 fully saturated rings. The van der Waals surface area contributed by atoms with E-state index >= 15 is 0 Å². The molecule has 2 heterocycles. The normalized spacial score (nSPS) is 22.9. The summed E-state index contributed by atoms with van der Waals surface area (Å²) >= 11 is 0. The number of nitrogens with two attached hydrogens (primary N) is 1. The van der Waals surface area contributed by atoms with Crippen molar-refractivity contribution < 1.29 is 4.79 Å². The standard InChI is InChI=1S/C13H18N6O/c14-5-8-1-3-9(4-2-8)13(20)18-11-10-6-17-19-12(10)16-7-15-11/h6-9H,1-5,14H2,(H2,15,16,17,18,19,20). The maximum Gasteiger partial charge on any atom is 0.228 e. The average Bonchev–Trinajstić information content (AvgIpc) is 2.97. The summed E-state index contributed by atoms with van der Waals surface area (Å²) in [7, 11) is 0. The third kappa shape index (κ3) is 2.49. The van der Waals surface area contributed by atoms with Crippen LogP contribution < -0.4 is 11.1 Å². The topological polar surface area (TPSA) is 110 Å². The number of nitrogens with one attached hydrogen (secondary N) is 2. The summed E-state index contributed by atoms with van der Waals surface area (Å²) in [5, 5.41) is 10.3. The average molecular weight is 274 g/mol. The number of hydrogen-bond acceptors (Lipinski definition) is 5. The number of carbonyl (C=O) groups excluding carboxylic acids is 1. The maximum atomic E-state index is 12.3. The van der Waals surface area contributed by atoms with Crippen molar-refractivity contribution in [1.82, 2.24) is 20.2 Å². The van der Waals surface area contributed by atoms with Gasteiger partial charge in [-0.25, -0.2) is 9.97 Å². The molecule has 0 aromatic carbocycles. The number of anilines is 1. The molecule has 106 valence electrons. The van der Waals surface area contributed by atoms with Crippen LogP contribution in [-0.4, -0.2) is 32.6 Å². The summed E-state index contributed by atoms with van der Waals surface area (Å²) in [4.78, 5) is 20.5. The van der Waals surface area contributed by atoms with Crippen LogP contribution in [0, 0.1) is 11.8 Å². The molecule has 4 N–H and O–H groups in total. The zero-order chi connectivity index (χ0) is 13.9. The van der Waals surface area contributed by atoms with Crippen LogP contribution in [0.3, 0.4) is 0 Å². The van der Waals surface area contributed by atoms with Crippen LogP contribution in [0.1, 0.15) is 25.7 Å². The predicted molar refractivity (Wildman–Crippen MR) is 74.8 cm³/mol. The Bertz CT molecular complexity index is 602. The molecule has 2 aromatic heterocycles. The van der Waals surface area contributed by atoms with E-state index in [9.17, 15) is 4.79 Å². The summed E-state index contributed by atoms with van der Waals surface area (Å²) in [5.41, 5.74) is 6.30. The zero-order valence-electron chi connectivity index (χ0n) is 11.2. The lowest BCUT2D eigenvalue weighted by Crippen LogP contribution is -2.29. The van der Waals surface area contributed by atoms with Crippen molar-refractivity contribution in [2.75, 3.05) is 11.9 Å². The first-order valence-electron chi connectivity index (χ1n) is 6.93. The molecule has 0 unspecified atom stereocenters. The number of carbonyl (C=O) groups is 1. The maximum absolute atomic E-state index is 12.3. The van der Waals surface area contributed by atoms with E-state index in [4.69, 9.17) is 5.73 Å². The van der Waals surface area contributed by atoms with E-state index in [0.29, 0.717) is 17.4 Å². The second-order valence-corrected chi connectivity index (χ2v) is 5.30. The molecule has 20 heavy (non-hydrogen) atoms. The van der Waals surface area contributed by atoms with E-state index in [0.717, 1.165) is 37.6 Å². The van der Waals surface area contributed by atoms with Crippen LogP contribution in [0.5, 0.6) is 0 Å². The van der Waals surface area contributed by atoms with Crippen LogP contribution >= 0.6 is 0 Å². The van der Waals surface area contributed by atoms with Gasteiger partial charge in [-0.3, -0.25) is 9.89 Å². The smallest absolute Gasteiger partial charge is 0.228 e. The van der Waals surface area contributed by atoms with Crippen LogP contribution in [-0.2, 0) is 4.79 Å². The Balaban J connectivity index is 1.69. The van der Waals surface area contributed by atoms with Gasteiger partial charge in [0.05, 0.1) is 11.6 Å². The van der Waals surface area contributed by atoms with Gasteiger partial charge in [-0.05, 0) is 38.1 Å². The Morgan fingerprint density at radius 1 is 1.35 bits per heavy atom. The lowest BCUT2D eigenvalue weighted by Gasteiger charge is -2.26. The molecule has 0 saturated heterocycles. The van der Waals surface area contributed by atoms with Crippen molar-refractivity contribution in [2.24, 2.45) is 17.6 Å². The first kappa shape index (κ1) is 13.0. The van der Waals surface area contributed by atoms with E-state index < -0.39 is 0 Å². The minimum atomic E-state index is 0.0293. The molecule has 1 amide bonds. The highest BCUT2D eigenvalue weighted by Gasteiger charge is 2.26. The number of H-pyrrole nitrogens is 1. The Morgan fingerprint density at radius 2 is 2.15 bits per heavy atom. The highest BCUT2D eigenvalue weighted by Crippen LogP contribution is 2.29. The first-order chi connectivity index (χ1) is 9.78. The third-order valence-corrected chi connectivity index (χ3v) is 4.04. The molecule has 7 nitrogen and oxygen atoms in total. The number of rotatable bonds is 3. The molecular weight excluding hydrogens is 256 g/mol. The fourth-order valence-corrected chi connectivity index (χ4v) is 2.74. The number of fused-ring (bicyclic) bond motifs is 1. The SMILES string of the molecule is NCC1CCC(C(=O)Nc2ncnc3[nH]ncc23)CC1. The fourth-order valence-electron chi connectivity index (χ4n) is 2.74. The van der Waals surface area contributed by atoms with Gasteiger partial charge in [0.25, 0.3) is 0 Å². The number of nitrogens with zero attached hydrogens (tertiary/aromatic N) is 3. The van der Waals surface area contributed by atoms with Crippen molar-refractivity contribution >= 4 is 22.8 Å². The third-order valence-electron chi connectivity index (χ3n) is 4.04. The molecule has 0 radical (unpaired) electrons. The van der Waals surface area contributed by atoms with E-state index in [1.54, 1.807) is 6.20 Å². The summed E-state index contributed by atoms with van der Waals surface area (Å²) < 4.78 is 0. The summed E-state index contributed by atoms with van der Waals surface area (Å²) in [6.45, 7) is 0.718. The van der Waals surface area contributed by atoms with Gasteiger partial charge in [0.15, 0.2) is 5.65 Å². The molecule has 1 aliphatic carbocycles. The van der Waals surface area contributed by atoms with Gasteiger partial charge in [-0.1, -0.05) is 0 Å². The zero-order valence-corrected chi connectivity index (χ0v) is 11.2. The highest BCUT2D eigenvalue weighted by molar-refractivity contribution is 5.98. The molecule has 0 aliphatic heterocycles. The van der Waals surface area contributed by atoms with Gasteiger partial charge in [0.2, 0.25) is 5.91 Å². The minimum absolute atomic E-state index is 0.0293. The quantitative estimate of drug-likeness (QED) is 0.775. The fraction of sp³-hybridized carbons (Fsp3) is 0.538. The second kappa shape index (κ2) is 5.54. The van der Waals surface area contributed by atoms with E-state index in [2.05, 4.69) is 25.5 Å². The molecule has 1 saturated carbocycles. The first-order valence-corrected chi connectivity index (χ1v) is 6.93. The Labute approximate surface area is 116 Å². The van der Waals surface area contributed by atoms with Gasteiger partial charge in [0, 0.05) is 5.92 Å². The lowest BCUT2D eigenvalue weighted by atomic mass is 9.81. The van der Waals surface area contributed by atoms with Crippen LogP contribution in [0.15, 0.2) is 12.5 Å². The molecule has 0 bridgehead atoms. The largest absolute Gasteiger partial charge is 0.330 e. The van der Waals surface area contributed by atoms with Gasteiger partial charge >= 0.3 is 0 Å². The van der Waals surface area contributed by atoms with Crippen molar-refractivity contribution in [2.45, 2.75) is 25.7 Å². The molecule has 0 atom stereocenters. The monoisotopic (exact) mass is 274 g/mol. The Kier molecular flexibility index (Phi) is 3.60. The number of hydrogen-bond donors (Lipinski definition) is 3. The van der Waals surface area contributed by atoms with Crippen LogP contribution in [0.2, 0.25) is 0 Å². The number of aromatic nitrogens is 4. The molecule has 3 rings (SSSR count). The van der Waals surface area contributed by atoms with Crippen molar-refractivity contribution in [3.05, 3.63) is 12.5 Å². The predicted octanol–water partition coefficient (Wildman–Crippen LogP) is 1.06. The Morgan fingerprint density at radius 3 is 2.90 bits per heavy atom. The van der Waals surface area contributed by atoms with Gasteiger partial charge in [-0.2, -0.15) is 5.10 Å². The van der Waals surface area contributed by atoms with Crippen LogP contribution in [0.4, 0.5) is 5.82 Å². The lowest BCUT2D eigenvalue weighted by molar-refractivity contribution is -0.121. The number of aromatic amines is 1. The summed E-state index contributed by atoms with van der Waals surface area (Å²) in [6, 6.07) is 0. The number of amides is 1. The molecule has 1 aliphatic rings. The van der Waals surface area contributed by atoms with Crippen molar-refractivity contribution in [3.8, 4) is 0 Å². The van der Waals surface area contributed by atoms with Gasteiger partial charge in [0.1, 0.15) is 12.1 Å². The molecule has 0 spiro atoms.